The van der Waals surface area contributed by atoms with E-state index in [1.807, 2.05) is 31.2 Å². The minimum Gasteiger partial charge on any atom is -0.493 e. The van der Waals surface area contributed by atoms with Crippen LogP contribution in [0.25, 0.3) is 0 Å². The van der Waals surface area contributed by atoms with Crippen LogP contribution in [0.5, 0.6) is 5.75 Å². The maximum Gasteiger partial charge on any atom is 0.127 e. The Morgan fingerprint density at radius 1 is 1.20 bits per heavy atom. The van der Waals surface area contributed by atoms with Gasteiger partial charge in [0.1, 0.15) is 5.75 Å². The van der Waals surface area contributed by atoms with E-state index < -0.39 is 0 Å². The summed E-state index contributed by atoms with van der Waals surface area (Å²) in [7, 11) is 0. The van der Waals surface area contributed by atoms with E-state index in [0.717, 1.165) is 45.0 Å². The maximum atomic E-state index is 6.70. The van der Waals surface area contributed by atoms with Crippen molar-refractivity contribution in [2.75, 3.05) is 6.61 Å². The van der Waals surface area contributed by atoms with Gasteiger partial charge in [-0.25, -0.2) is 0 Å². The molecule has 2 aromatic rings. The summed E-state index contributed by atoms with van der Waals surface area (Å²) in [6, 6.07) is 9.93. The van der Waals surface area contributed by atoms with Crippen LogP contribution in [0.3, 0.4) is 0 Å². The van der Waals surface area contributed by atoms with Crippen molar-refractivity contribution in [2.24, 2.45) is 0 Å². The molecule has 4 heteroatoms. The van der Waals surface area contributed by atoms with Gasteiger partial charge in [0.2, 0.25) is 0 Å². The van der Waals surface area contributed by atoms with E-state index >= 15 is 0 Å². The third-order valence-electron chi connectivity index (χ3n) is 3.56. The van der Waals surface area contributed by atoms with Gasteiger partial charge in [0.05, 0.1) is 12.0 Å². The molecule has 0 spiro atoms. The number of hydrogen-bond acceptors (Lipinski definition) is 1. The molecule has 1 aliphatic rings. The molecule has 0 radical (unpaired) electrons. The fourth-order valence-corrected chi connectivity index (χ4v) is 3.73. The lowest BCUT2D eigenvalue weighted by atomic mass is 9.97. The highest BCUT2D eigenvalue weighted by atomic mass is 79.9. The second-order valence-corrected chi connectivity index (χ2v) is 6.73. The Bertz CT molecular complexity index is 670. The van der Waals surface area contributed by atoms with Gasteiger partial charge in [-0.2, -0.15) is 0 Å². The number of halogens is 3. The zero-order valence-electron chi connectivity index (χ0n) is 10.9. The molecule has 104 valence electrons. The highest BCUT2D eigenvalue weighted by molar-refractivity contribution is 9.10. The average molecular weight is 372 g/mol. The van der Waals surface area contributed by atoms with E-state index in [4.69, 9.17) is 27.9 Å². The van der Waals surface area contributed by atoms with Crippen molar-refractivity contribution in [1.82, 2.24) is 0 Å². The molecular weight excluding hydrogens is 359 g/mol. The Morgan fingerprint density at radius 3 is 2.75 bits per heavy atom. The van der Waals surface area contributed by atoms with E-state index in [2.05, 4.69) is 22.0 Å². The molecule has 20 heavy (non-hydrogen) atoms. The molecule has 0 saturated heterocycles. The number of ether oxygens (including phenoxy) is 1. The van der Waals surface area contributed by atoms with Crippen LogP contribution in [0.4, 0.5) is 0 Å². The molecule has 0 bridgehead atoms. The first kappa shape index (κ1) is 14.2. The smallest absolute Gasteiger partial charge is 0.127 e. The maximum absolute atomic E-state index is 6.70. The summed E-state index contributed by atoms with van der Waals surface area (Å²) in [5.41, 5.74) is 4.38. The average Bonchev–Trinajstić information content (AvgIpc) is 2.85. The van der Waals surface area contributed by atoms with Gasteiger partial charge in [-0.05, 0) is 47.9 Å². The van der Waals surface area contributed by atoms with Gasteiger partial charge in [0, 0.05) is 21.5 Å². The zero-order chi connectivity index (χ0) is 14.3. The summed E-state index contributed by atoms with van der Waals surface area (Å²) >= 11 is 16.3. The molecule has 1 nitrogen and oxygen atoms in total. The zero-order valence-corrected chi connectivity index (χ0v) is 14.0. The number of alkyl halides is 1. The molecule has 3 rings (SSSR count). The lowest BCUT2D eigenvalue weighted by molar-refractivity contribution is 0.353. The van der Waals surface area contributed by atoms with Crippen LogP contribution >= 0.6 is 39.1 Å². The van der Waals surface area contributed by atoms with Crippen molar-refractivity contribution < 1.29 is 4.74 Å². The first-order chi connectivity index (χ1) is 9.56. The fourth-order valence-electron chi connectivity index (χ4n) is 2.58. The van der Waals surface area contributed by atoms with Gasteiger partial charge in [0.25, 0.3) is 0 Å². The molecule has 2 aromatic carbocycles. The molecule has 0 aliphatic carbocycles. The molecule has 0 aromatic heterocycles. The Labute approximate surface area is 137 Å². The Kier molecular flexibility index (Phi) is 3.98. The SMILES string of the molecule is Cc1cc(Cl)ccc1C(Cl)c1cc(Br)cc2c1OCC2. The topological polar surface area (TPSA) is 9.23 Å². The fraction of sp³-hybridized carbons (Fsp3) is 0.250. The highest BCUT2D eigenvalue weighted by Crippen LogP contribution is 2.42. The Hall–Kier alpha value is -0.700. The third-order valence-corrected chi connectivity index (χ3v) is 4.72. The summed E-state index contributed by atoms with van der Waals surface area (Å²) in [6.45, 7) is 2.75. The first-order valence-electron chi connectivity index (χ1n) is 6.41. The van der Waals surface area contributed by atoms with E-state index in [0.29, 0.717) is 0 Å². The molecule has 1 unspecified atom stereocenters. The van der Waals surface area contributed by atoms with Crippen molar-refractivity contribution >= 4 is 39.1 Å². The second kappa shape index (κ2) is 5.59. The monoisotopic (exact) mass is 370 g/mol. The molecule has 0 fully saturated rings. The third kappa shape index (κ3) is 2.57. The van der Waals surface area contributed by atoms with Crippen molar-refractivity contribution in [2.45, 2.75) is 18.7 Å². The summed E-state index contributed by atoms with van der Waals surface area (Å²) in [6.07, 6.45) is 0.935. The van der Waals surface area contributed by atoms with Gasteiger partial charge in [-0.1, -0.05) is 33.6 Å². The molecule has 1 atom stereocenters. The van der Waals surface area contributed by atoms with E-state index in [1.54, 1.807) is 0 Å². The lowest BCUT2D eigenvalue weighted by Crippen LogP contribution is -1.99. The van der Waals surface area contributed by atoms with Gasteiger partial charge in [-0.15, -0.1) is 11.6 Å². The van der Waals surface area contributed by atoms with Crippen molar-refractivity contribution in [3.8, 4) is 5.75 Å². The molecule has 0 N–H and O–H groups in total. The van der Waals surface area contributed by atoms with Crippen LogP contribution in [-0.2, 0) is 6.42 Å². The minimum absolute atomic E-state index is 0.239. The standard InChI is InChI=1S/C16H13BrCl2O/c1-9-6-12(18)2-3-13(9)15(19)14-8-11(17)7-10-4-5-20-16(10)14/h2-3,6-8,15H,4-5H2,1H3. The summed E-state index contributed by atoms with van der Waals surface area (Å²) < 4.78 is 6.80. The van der Waals surface area contributed by atoms with E-state index in [1.165, 1.54) is 5.56 Å². The second-order valence-electron chi connectivity index (χ2n) is 4.95. The van der Waals surface area contributed by atoms with Crippen LogP contribution in [0, 0.1) is 6.92 Å². The lowest BCUT2D eigenvalue weighted by Gasteiger charge is -2.17. The minimum atomic E-state index is -0.239. The summed E-state index contributed by atoms with van der Waals surface area (Å²) in [5.74, 6) is 0.933. The molecule has 0 saturated carbocycles. The predicted molar refractivity (Wildman–Crippen MR) is 87.2 cm³/mol. The quantitative estimate of drug-likeness (QED) is 0.617. The number of benzene rings is 2. The largest absolute Gasteiger partial charge is 0.493 e. The molecule has 1 aliphatic heterocycles. The molecule has 1 heterocycles. The first-order valence-corrected chi connectivity index (χ1v) is 8.02. The Morgan fingerprint density at radius 2 is 2.00 bits per heavy atom. The molecule has 0 amide bonds. The van der Waals surface area contributed by atoms with Crippen LogP contribution < -0.4 is 4.74 Å². The van der Waals surface area contributed by atoms with Gasteiger partial charge in [0.15, 0.2) is 0 Å². The molecular formula is C16H13BrCl2O. The number of hydrogen-bond donors (Lipinski definition) is 0. The summed E-state index contributed by atoms with van der Waals surface area (Å²) in [5, 5.41) is 0.488. The predicted octanol–water partition coefficient (Wildman–Crippen LogP) is 5.67. The number of fused-ring (bicyclic) bond motifs is 1. The van der Waals surface area contributed by atoms with Crippen LogP contribution in [0.1, 0.15) is 27.6 Å². The highest BCUT2D eigenvalue weighted by Gasteiger charge is 2.24. The van der Waals surface area contributed by atoms with Crippen molar-refractivity contribution in [3.05, 3.63) is 62.1 Å². The number of rotatable bonds is 2. The Balaban J connectivity index is 2.09. The summed E-state index contributed by atoms with van der Waals surface area (Å²) in [4.78, 5) is 0. The van der Waals surface area contributed by atoms with Gasteiger partial charge in [-0.3, -0.25) is 0 Å². The van der Waals surface area contributed by atoms with Crippen molar-refractivity contribution in [3.63, 3.8) is 0 Å². The van der Waals surface area contributed by atoms with E-state index in [-0.39, 0.29) is 5.38 Å². The van der Waals surface area contributed by atoms with Crippen molar-refractivity contribution in [1.29, 1.82) is 0 Å². The number of aryl methyl sites for hydroxylation is 1. The van der Waals surface area contributed by atoms with Crippen LogP contribution in [0.15, 0.2) is 34.8 Å². The normalized spacial score (nSPS) is 14.8. The van der Waals surface area contributed by atoms with Gasteiger partial charge < -0.3 is 4.74 Å². The van der Waals surface area contributed by atoms with Crippen LogP contribution in [-0.4, -0.2) is 6.61 Å². The van der Waals surface area contributed by atoms with Crippen LogP contribution in [0.2, 0.25) is 5.02 Å². The van der Waals surface area contributed by atoms with E-state index in [9.17, 15) is 0 Å². The van der Waals surface area contributed by atoms with Gasteiger partial charge >= 0.3 is 0 Å².